The molecule has 3 fully saturated rings. The minimum absolute atomic E-state index is 0.00992. The second-order valence-corrected chi connectivity index (χ2v) is 9.61. The molecule has 1 aromatic heterocycles. The summed E-state index contributed by atoms with van der Waals surface area (Å²) < 4.78 is 5.77. The summed E-state index contributed by atoms with van der Waals surface area (Å²) in [6, 6.07) is 1.99. The number of hydrogen-bond donors (Lipinski definition) is 1. The van der Waals surface area contributed by atoms with Gasteiger partial charge in [-0.1, -0.05) is 0 Å². The summed E-state index contributed by atoms with van der Waals surface area (Å²) in [5.74, 6) is 0.111. The Hall–Kier alpha value is -1.28. The van der Waals surface area contributed by atoms with Gasteiger partial charge in [-0.05, 0) is 62.7 Å². The molecule has 0 aromatic carbocycles. The molecule has 0 amide bonds. The molecule has 3 aliphatic rings. The zero-order valence-corrected chi connectivity index (χ0v) is 17.4. The van der Waals surface area contributed by atoms with Crippen LogP contribution in [0.3, 0.4) is 0 Å². The highest BCUT2D eigenvalue weighted by Gasteiger charge is 2.50. The van der Waals surface area contributed by atoms with Gasteiger partial charge in [0.25, 0.3) is 0 Å². The van der Waals surface area contributed by atoms with Crippen molar-refractivity contribution < 1.29 is 19.4 Å². The minimum Gasteiger partial charge on any atom is -0.461 e. The van der Waals surface area contributed by atoms with Gasteiger partial charge in [0.2, 0.25) is 0 Å². The molecule has 0 radical (unpaired) electrons. The van der Waals surface area contributed by atoms with Crippen molar-refractivity contribution in [3.8, 4) is 0 Å². The summed E-state index contributed by atoms with van der Waals surface area (Å²) in [6.07, 6.45) is 3.97. The number of aliphatic hydroxyl groups is 1. The Kier molecular flexibility index (Phi) is 5.88. The monoisotopic (exact) mass is 406 g/mol. The summed E-state index contributed by atoms with van der Waals surface area (Å²) in [4.78, 5) is 29.7. The Labute approximate surface area is 170 Å². The molecule has 0 aliphatic carbocycles. The molecular formula is C21H30N2O4S. The van der Waals surface area contributed by atoms with Crippen LogP contribution >= 0.6 is 11.3 Å². The summed E-state index contributed by atoms with van der Waals surface area (Å²) in [5.41, 5.74) is 0.876. The van der Waals surface area contributed by atoms with Crippen molar-refractivity contribution in [2.45, 2.75) is 57.8 Å². The van der Waals surface area contributed by atoms with Crippen LogP contribution in [0.4, 0.5) is 0 Å². The number of carbonyl (C=O) groups is 2. The van der Waals surface area contributed by atoms with E-state index in [4.69, 9.17) is 4.74 Å². The third kappa shape index (κ3) is 4.32. The van der Waals surface area contributed by atoms with Gasteiger partial charge in [0.05, 0.1) is 16.4 Å². The lowest BCUT2D eigenvalue weighted by atomic mass is 9.76. The zero-order chi connectivity index (χ0) is 19.7. The highest BCUT2D eigenvalue weighted by molar-refractivity contribution is 7.12. The molecule has 1 unspecified atom stereocenters. The number of aliphatic hydroxyl groups excluding tert-OH is 1. The molecule has 1 spiro atoms. The maximum Gasteiger partial charge on any atom is 0.312 e. The average molecular weight is 407 g/mol. The van der Waals surface area contributed by atoms with Crippen molar-refractivity contribution in [3.63, 3.8) is 0 Å². The summed E-state index contributed by atoms with van der Waals surface area (Å²) in [5, 5.41) is 11.7. The first kappa shape index (κ1) is 20.0. The molecular weight excluding hydrogens is 376 g/mol. The molecule has 0 bridgehead atoms. The smallest absolute Gasteiger partial charge is 0.312 e. The molecule has 4 heterocycles. The van der Waals surface area contributed by atoms with Gasteiger partial charge < -0.3 is 9.84 Å². The molecule has 28 heavy (non-hydrogen) atoms. The summed E-state index contributed by atoms with van der Waals surface area (Å²) >= 11 is 1.51. The molecule has 3 aliphatic heterocycles. The maximum absolute atomic E-state index is 12.7. The van der Waals surface area contributed by atoms with Crippen molar-refractivity contribution in [1.29, 1.82) is 0 Å². The quantitative estimate of drug-likeness (QED) is 0.598. The third-order valence-corrected chi connectivity index (χ3v) is 7.64. The molecule has 1 aromatic rings. The van der Waals surface area contributed by atoms with Gasteiger partial charge in [-0.25, -0.2) is 0 Å². The highest BCUT2D eigenvalue weighted by atomic mass is 32.1. The first-order valence-corrected chi connectivity index (χ1v) is 11.2. The number of piperidine rings is 2. The van der Waals surface area contributed by atoms with Crippen molar-refractivity contribution in [3.05, 3.63) is 21.9 Å². The molecule has 0 saturated carbocycles. The predicted octanol–water partition coefficient (Wildman–Crippen LogP) is 2.31. The molecule has 7 heteroatoms. The SMILES string of the molecule is CC(=O)c1cc(CN2CCC3(CC2)CC(CN2CCC(O)CC2)OC3=O)cs1. The number of nitrogens with zero attached hydrogens (tertiary/aromatic N) is 2. The zero-order valence-electron chi connectivity index (χ0n) is 16.6. The van der Waals surface area contributed by atoms with Crippen molar-refractivity contribution in [1.82, 2.24) is 9.80 Å². The first-order chi connectivity index (χ1) is 13.4. The number of hydrogen-bond acceptors (Lipinski definition) is 7. The van der Waals surface area contributed by atoms with E-state index >= 15 is 0 Å². The fraction of sp³-hybridized carbons (Fsp3) is 0.714. The number of carbonyl (C=O) groups excluding carboxylic acids is 2. The van der Waals surface area contributed by atoms with Gasteiger partial charge >= 0.3 is 5.97 Å². The normalized spacial score (nSPS) is 26.6. The van der Waals surface area contributed by atoms with E-state index in [9.17, 15) is 14.7 Å². The van der Waals surface area contributed by atoms with Crippen LogP contribution in [0.15, 0.2) is 11.4 Å². The lowest BCUT2D eigenvalue weighted by Gasteiger charge is -2.36. The largest absolute Gasteiger partial charge is 0.461 e. The molecule has 1 N–H and O–H groups in total. The van der Waals surface area contributed by atoms with Gasteiger partial charge in [0, 0.05) is 32.6 Å². The van der Waals surface area contributed by atoms with Crippen molar-refractivity contribution >= 4 is 23.1 Å². The van der Waals surface area contributed by atoms with Gasteiger partial charge in [0.1, 0.15) is 6.10 Å². The van der Waals surface area contributed by atoms with Gasteiger partial charge in [-0.2, -0.15) is 0 Å². The molecule has 154 valence electrons. The first-order valence-electron chi connectivity index (χ1n) is 10.4. The maximum atomic E-state index is 12.7. The predicted molar refractivity (Wildman–Crippen MR) is 107 cm³/mol. The Bertz CT molecular complexity index is 718. The topological polar surface area (TPSA) is 70.1 Å². The number of rotatable bonds is 5. The molecule has 1 atom stereocenters. The van der Waals surface area contributed by atoms with Crippen LogP contribution in [-0.4, -0.2) is 71.6 Å². The van der Waals surface area contributed by atoms with Crippen molar-refractivity contribution in [2.75, 3.05) is 32.7 Å². The van der Waals surface area contributed by atoms with Crippen LogP contribution < -0.4 is 0 Å². The van der Waals surface area contributed by atoms with Crippen LogP contribution in [-0.2, 0) is 16.1 Å². The van der Waals surface area contributed by atoms with Crippen LogP contribution in [0.5, 0.6) is 0 Å². The Morgan fingerprint density at radius 1 is 1.25 bits per heavy atom. The number of thiophene rings is 1. The van der Waals surface area contributed by atoms with E-state index in [0.29, 0.717) is 0 Å². The Balaban J connectivity index is 1.28. The van der Waals surface area contributed by atoms with E-state index in [0.717, 1.165) is 76.2 Å². The Morgan fingerprint density at radius 2 is 1.96 bits per heavy atom. The van der Waals surface area contributed by atoms with E-state index in [2.05, 4.69) is 15.2 Å². The second kappa shape index (κ2) is 8.22. The third-order valence-electron chi connectivity index (χ3n) is 6.56. The highest BCUT2D eigenvalue weighted by Crippen LogP contribution is 2.43. The molecule has 4 rings (SSSR count). The standard InChI is InChI=1S/C21H30N2O4S/c1-15(24)19-10-16(14-28-19)12-23-8-4-21(5-9-23)11-18(27-20(21)26)13-22-6-2-17(25)3-7-22/h10,14,17-18,25H,2-9,11-13H2,1H3. The van der Waals surface area contributed by atoms with Crippen molar-refractivity contribution in [2.24, 2.45) is 5.41 Å². The van der Waals surface area contributed by atoms with Gasteiger partial charge in [0.15, 0.2) is 5.78 Å². The Morgan fingerprint density at radius 3 is 2.61 bits per heavy atom. The van der Waals surface area contributed by atoms with Crippen LogP contribution in [0, 0.1) is 5.41 Å². The van der Waals surface area contributed by atoms with E-state index in [1.165, 1.54) is 16.9 Å². The summed E-state index contributed by atoms with van der Waals surface area (Å²) in [7, 11) is 0. The lowest BCUT2D eigenvalue weighted by molar-refractivity contribution is -0.151. The minimum atomic E-state index is -0.310. The van der Waals surface area contributed by atoms with E-state index in [-0.39, 0.29) is 29.4 Å². The second-order valence-electron chi connectivity index (χ2n) is 8.70. The summed E-state index contributed by atoms with van der Waals surface area (Å²) in [6.45, 7) is 6.80. The van der Waals surface area contributed by atoms with Gasteiger partial charge in [-0.15, -0.1) is 11.3 Å². The lowest BCUT2D eigenvalue weighted by Crippen LogP contribution is -2.42. The number of ether oxygens (including phenoxy) is 1. The van der Waals surface area contributed by atoms with Crippen LogP contribution in [0.25, 0.3) is 0 Å². The average Bonchev–Trinajstić information content (AvgIpc) is 3.25. The number of Topliss-reactive ketones (excluding diaryl/α,β-unsaturated/α-hetero) is 1. The number of likely N-dealkylation sites (tertiary alicyclic amines) is 2. The molecule has 3 saturated heterocycles. The van der Waals surface area contributed by atoms with E-state index < -0.39 is 0 Å². The van der Waals surface area contributed by atoms with E-state index in [1.54, 1.807) is 6.92 Å². The fourth-order valence-corrected chi connectivity index (χ4v) is 5.58. The van der Waals surface area contributed by atoms with Crippen LogP contribution in [0.1, 0.15) is 54.3 Å². The molecule has 6 nitrogen and oxygen atoms in total. The number of esters is 1. The van der Waals surface area contributed by atoms with E-state index in [1.807, 2.05) is 6.07 Å². The number of cyclic esters (lactones) is 1. The number of ketones is 1. The fourth-order valence-electron chi connectivity index (χ4n) is 4.78. The van der Waals surface area contributed by atoms with Crippen LogP contribution in [0.2, 0.25) is 0 Å². The van der Waals surface area contributed by atoms with Gasteiger partial charge in [-0.3, -0.25) is 19.4 Å².